The minimum absolute atomic E-state index is 0.00209. The molecule has 0 unspecified atom stereocenters. The summed E-state index contributed by atoms with van der Waals surface area (Å²) in [6, 6.07) is -1.10. The highest BCUT2D eigenvalue weighted by atomic mass is 32.2. The number of nitrogens with two attached hydrogens (primary N) is 1. The van der Waals surface area contributed by atoms with Crippen LogP contribution in [0.1, 0.15) is 13.3 Å². The first-order chi connectivity index (χ1) is 8.40. The average molecular weight is 273 g/mol. The third kappa shape index (κ3) is 4.46. The largest absolute Gasteiger partial charge is 0.481 e. The lowest BCUT2D eigenvalue weighted by atomic mass is 10.2. The van der Waals surface area contributed by atoms with Gasteiger partial charge in [0.05, 0.1) is 12.5 Å². The van der Waals surface area contributed by atoms with E-state index in [-0.39, 0.29) is 11.8 Å². The van der Waals surface area contributed by atoms with Gasteiger partial charge in [0, 0.05) is 17.5 Å². The van der Waals surface area contributed by atoms with Gasteiger partial charge in [0.15, 0.2) is 0 Å². The van der Waals surface area contributed by atoms with Gasteiger partial charge in [0.1, 0.15) is 5.71 Å². The molecular formula is C10H15N3O4S. The van der Waals surface area contributed by atoms with E-state index in [1.54, 1.807) is 11.8 Å². The summed E-state index contributed by atoms with van der Waals surface area (Å²) in [6.45, 7) is 1.40. The molecular weight excluding hydrogens is 258 g/mol. The number of nitrogens with zero attached hydrogens (tertiary/aromatic N) is 1. The molecule has 0 aromatic rings. The molecule has 18 heavy (non-hydrogen) atoms. The first kappa shape index (κ1) is 14.7. The van der Waals surface area contributed by atoms with Crippen LogP contribution < -0.4 is 11.1 Å². The molecule has 1 fully saturated rings. The Morgan fingerprint density at radius 3 is 2.56 bits per heavy atom. The second kappa shape index (κ2) is 6.50. The van der Waals surface area contributed by atoms with Gasteiger partial charge in [-0.2, -0.15) is 11.8 Å². The Morgan fingerprint density at radius 2 is 2.11 bits per heavy atom. The number of carboxylic acid groups (broad SMARTS) is 1. The summed E-state index contributed by atoms with van der Waals surface area (Å²) in [4.78, 5) is 36.8. The van der Waals surface area contributed by atoms with Crippen molar-refractivity contribution in [2.45, 2.75) is 25.4 Å². The molecule has 0 aromatic heterocycles. The molecule has 0 saturated carbocycles. The van der Waals surface area contributed by atoms with Crippen LogP contribution in [0.2, 0.25) is 0 Å². The Balaban J connectivity index is 2.49. The van der Waals surface area contributed by atoms with Gasteiger partial charge in [-0.15, -0.1) is 0 Å². The third-order valence-electron chi connectivity index (χ3n) is 2.29. The van der Waals surface area contributed by atoms with E-state index in [0.717, 1.165) is 11.5 Å². The van der Waals surface area contributed by atoms with Crippen molar-refractivity contribution in [2.24, 2.45) is 10.7 Å². The lowest BCUT2D eigenvalue weighted by Gasteiger charge is -2.25. The number of hydrogen-bond donors (Lipinski definition) is 3. The van der Waals surface area contributed by atoms with Crippen LogP contribution in [0.25, 0.3) is 0 Å². The van der Waals surface area contributed by atoms with Crippen molar-refractivity contribution in [1.82, 2.24) is 5.32 Å². The number of hydrogen-bond acceptors (Lipinski definition) is 5. The number of carbonyl (C=O) groups is 3. The molecule has 0 aromatic carbocycles. The normalized spacial score (nSPS) is 17.8. The zero-order chi connectivity index (χ0) is 13.7. The average Bonchev–Trinajstić information content (AvgIpc) is 2.21. The molecule has 0 spiro atoms. The van der Waals surface area contributed by atoms with E-state index >= 15 is 0 Å². The summed E-state index contributed by atoms with van der Waals surface area (Å²) < 4.78 is 0. The molecule has 1 rings (SSSR count). The van der Waals surface area contributed by atoms with Crippen molar-refractivity contribution < 1.29 is 19.5 Å². The highest BCUT2D eigenvalue weighted by Crippen LogP contribution is 2.16. The van der Waals surface area contributed by atoms with Gasteiger partial charge in [-0.25, -0.2) is 4.99 Å². The van der Waals surface area contributed by atoms with Gasteiger partial charge in [0.25, 0.3) is 11.8 Å². The van der Waals surface area contributed by atoms with Crippen LogP contribution in [0.4, 0.5) is 0 Å². The minimum atomic E-state index is -1.22. The molecule has 1 saturated heterocycles. The molecule has 2 amide bonds. The fraction of sp³-hybridized carbons (Fsp3) is 0.600. The second-order valence-electron chi connectivity index (χ2n) is 3.95. The van der Waals surface area contributed by atoms with Gasteiger partial charge >= 0.3 is 5.97 Å². The highest BCUT2D eigenvalue weighted by molar-refractivity contribution is 8.00. The predicted molar refractivity (Wildman–Crippen MR) is 67.6 cm³/mol. The number of carboxylic acids is 1. The molecule has 1 heterocycles. The summed E-state index contributed by atoms with van der Waals surface area (Å²) >= 11 is 1.72. The maximum atomic E-state index is 11.6. The number of thioether (sulfide) groups is 1. The van der Waals surface area contributed by atoms with Crippen LogP contribution in [-0.4, -0.2) is 52.2 Å². The topological polar surface area (TPSA) is 122 Å². The fourth-order valence-electron chi connectivity index (χ4n) is 1.18. The lowest BCUT2D eigenvalue weighted by molar-refractivity contribution is -0.139. The molecule has 1 aliphatic heterocycles. The molecule has 8 heteroatoms. The van der Waals surface area contributed by atoms with Gasteiger partial charge in [-0.05, 0) is 6.92 Å². The molecule has 0 radical (unpaired) electrons. The van der Waals surface area contributed by atoms with Crippen LogP contribution in [0.5, 0.6) is 0 Å². The first-order valence-electron chi connectivity index (χ1n) is 5.35. The quantitative estimate of drug-likeness (QED) is 0.553. The maximum absolute atomic E-state index is 11.6. The maximum Gasteiger partial charge on any atom is 0.305 e. The van der Waals surface area contributed by atoms with Crippen molar-refractivity contribution >= 4 is 35.3 Å². The van der Waals surface area contributed by atoms with Crippen molar-refractivity contribution in [3.8, 4) is 0 Å². The number of nitrogens with one attached hydrogen (secondary N) is 1. The molecule has 100 valence electrons. The summed E-state index contributed by atoms with van der Waals surface area (Å²) in [5.74, 6) is -0.694. The molecule has 1 atom stereocenters. The lowest BCUT2D eigenvalue weighted by Crippen LogP contribution is -2.46. The monoisotopic (exact) mass is 273 g/mol. The highest BCUT2D eigenvalue weighted by Gasteiger charge is 2.22. The summed E-state index contributed by atoms with van der Waals surface area (Å²) in [5, 5.41) is 11.2. The van der Waals surface area contributed by atoms with Crippen molar-refractivity contribution in [1.29, 1.82) is 0 Å². The summed E-state index contributed by atoms with van der Waals surface area (Å²) in [6.07, 6.45) is -0.503. The number of amides is 2. The molecule has 1 aliphatic rings. The summed E-state index contributed by atoms with van der Waals surface area (Å²) in [5.41, 5.74) is 5.33. The Hall–Kier alpha value is -1.41. The van der Waals surface area contributed by atoms with Gasteiger partial charge in [0.2, 0.25) is 0 Å². The Labute approximate surface area is 108 Å². The summed E-state index contributed by atoms with van der Waals surface area (Å²) in [7, 11) is 0. The van der Waals surface area contributed by atoms with Gasteiger partial charge in [-0.1, -0.05) is 0 Å². The minimum Gasteiger partial charge on any atom is -0.481 e. The van der Waals surface area contributed by atoms with Crippen LogP contribution >= 0.6 is 11.8 Å². The van der Waals surface area contributed by atoms with Crippen LogP contribution in [0, 0.1) is 0 Å². The molecule has 0 bridgehead atoms. The van der Waals surface area contributed by atoms with E-state index in [2.05, 4.69) is 10.3 Å². The van der Waals surface area contributed by atoms with Crippen molar-refractivity contribution in [3.05, 3.63) is 0 Å². The van der Waals surface area contributed by atoms with Crippen LogP contribution in [0.3, 0.4) is 0 Å². The molecule has 0 aliphatic carbocycles. The van der Waals surface area contributed by atoms with Gasteiger partial charge in [-0.3, -0.25) is 14.4 Å². The third-order valence-corrected chi connectivity index (χ3v) is 3.57. The Morgan fingerprint density at radius 1 is 1.50 bits per heavy atom. The first-order valence-corrected chi connectivity index (χ1v) is 6.50. The number of aliphatic imine (C=N–C) groups is 1. The van der Waals surface area contributed by atoms with Crippen LogP contribution in [0.15, 0.2) is 4.99 Å². The van der Waals surface area contributed by atoms with Crippen molar-refractivity contribution in [2.75, 3.05) is 11.5 Å². The molecule has 4 N–H and O–H groups in total. The SMILES string of the molecule is CC(=NC(=O)[C@@H](N)CC(=O)O)C(=O)NC1CSC1. The zero-order valence-corrected chi connectivity index (χ0v) is 10.7. The molecule has 7 nitrogen and oxygen atoms in total. The van der Waals surface area contributed by atoms with Crippen LogP contribution in [-0.2, 0) is 14.4 Å². The Kier molecular flexibility index (Phi) is 5.29. The standard InChI is InChI=1S/C10H15N3O4S/c1-5(9(16)13-6-3-18-4-6)12-10(17)7(11)2-8(14)15/h6-7H,2-4,11H2,1H3,(H,13,16)(H,14,15)/t7-/m0/s1. The van der Waals surface area contributed by atoms with Gasteiger partial charge < -0.3 is 16.2 Å². The smallest absolute Gasteiger partial charge is 0.305 e. The fourth-order valence-corrected chi connectivity index (χ4v) is 1.82. The Bertz CT molecular complexity index is 393. The van der Waals surface area contributed by atoms with E-state index < -0.39 is 30.2 Å². The predicted octanol–water partition coefficient (Wildman–Crippen LogP) is -0.992. The second-order valence-corrected chi connectivity index (χ2v) is 5.02. The van der Waals surface area contributed by atoms with E-state index in [4.69, 9.17) is 10.8 Å². The zero-order valence-electron chi connectivity index (χ0n) is 9.88. The van der Waals surface area contributed by atoms with E-state index in [0.29, 0.717) is 0 Å². The van der Waals surface area contributed by atoms with E-state index in [1.165, 1.54) is 6.92 Å². The number of rotatable bonds is 5. The van der Waals surface area contributed by atoms with Crippen molar-refractivity contribution in [3.63, 3.8) is 0 Å². The number of carbonyl (C=O) groups excluding carboxylic acids is 2. The van der Waals surface area contributed by atoms with E-state index in [9.17, 15) is 14.4 Å². The number of aliphatic carboxylic acids is 1. The van der Waals surface area contributed by atoms with E-state index in [1.807, 2.05) is 0 Å².